The van der Waals surface area contributed by atoms with E-state index in [2.05, 4.69) is 44.3 Å². The minimum atomic E-state index is -0.248. The first-order valence-corrected chi connectivity index (χ1v) is 14.3. The Morgan fingerprint density at radius 2 is 1.79 bits per heavy atom. The van der Waals surface area contributed by atoms with E-state index in [0.717, 1.165) is 44.8 Å². The number of aromatic hydroxyl groups is 2. The summed E-state index contributed by atoms with van der Waals surface area (Å²) in [5.41, 5.74) is 4.93. The van der Waals surface area contributed by atoms with Crippen molar-refractivity contribution in [2.75, 3.05) is 52.2 Å². The number of fused-ring (bicyclic) bond motifs is 1. The van der Waals surface area contributed by atoms with Gasteiger partial charge in [0, 0.05) is 61.3 Å². The first-order valence-electron chi connectivity index (χ1n) is 14.3. The fourth-order valence-corrected chi connectivity index (χ4v) is 5.39. The topological polar surface area (TPSA) is 127 Å². The van der Waals surface area contributed by atoms with Gasteiger partial charge in [-0.3, -0.25) is 4.79 Å². The number of nitrogens with zero attached hydrogens (tertiary/aromatic N) is 4. The van der Waals surface area contributed by atoms with Crippen LogP contribution in [-0.4, -0.2) is 87.8 Å². The largest absolute Gasteiger partial charge is 0.504 e. The third-order valence-corrected chi connectivity index (χ3v) is 7.94. The van der Waals surface area contributed by atoms with Crippen LogP contribution in [0.3, 0.4) is 0 Å². The SMILES string of the molecule is COc1ccc(-c2cccnc2O)c(-c2nc3cc(C(=O)Nc4ccc(CCN5CCN(C)CC5)cc4)ccc3[nH]2)c1O. The van der Waals surface area contributed by atoms with Crippen LogP contribution in [-0.2, 0) is 6.42 Å². The fourth-order valence-electron chi connectivity index (χ4n) is 5.39. The Morgan fingerprint density at radius 1 is 1.00 bits per heavy atom. The number of anilines is 1. The second-order valence-electron chi connectivity index (χ2n) is 10.8. The number of phenolic OH excluding ortho intramolecular Hbond substituents is 1. The summed E-state index contributed by atoms with van der Waals surface area (Å²) in [6.07, 6.45) is 2.46. The summed E-state index contributed by atoms with van der Waals surface area (Å²) >= 11 is 0. The first kappa shape index (κ1) is 28.2. The van der Waals surface area contributed by atoms with Crippen LogP contribution in [0.15, 0.2) is 72.9 Å². The molecule has 0 saturated carbocycles. The van der Waals surface area contributed by atoms with Crippen molar-refractivity contribution in [1.29, 1.82) is 0 Å². The number of carbonyl (C=O) groups is 1. The summed E-state index contributed by atoms with van der Waals surface area (Å²) in [5.74, 6) is 0.0583. The molecule has 1 saturated heterocycles. The third-order valence-electron chi connectivity index (χ3n) is 7.94. The van der Waals surface area contributed by atoms with Crippen LogP contribution >= 0.6 is 0 Å². The lowest BCUT2D eigenvalue weighted by molar-refractivity contribution is 0.102. The van der Waals surface area contributed by atoms with Crippen LogP contribution in [0.1, 0.15) is 15.9 Å². The number of rotatable bonds is 8. The highest BCUT2D eigenvalue weighted by molar-refractivity contribution is 6.06. The number of hydrogen-bond donors (Lipinski definition) is 4. The van der Waals surface area contributed by atoms with Crippen LogP contribution < -0.4 is 10.1 Å². The van der Waals surface area contributed by atoms with Gasteiger partial charge in [0.2, 0.25) is 5.88 Å². The molecule has 43 heavy (non-hydrogen) atoms. The van der Waals surface area contributed by atoms with E-state index in [1.807, 2.05) is 12.1 Å². The number of ether oxygens (including phenoxy) is 1. The highest BCUT2D eigenvalue weighted by atomic mass is 16.5. The van der Waals surface area contributed by atoms with Gasteiger partial charge in [-0.1, -0.05) is 12.1 Å². The molecule has 0 atom stereocenters. The summed E-state index contributed by atoms with van der Waals surface area (Å²) in [6.45, 7) is 5.45. The van der Waals surface area contributed by atoms with Gasteiger partial charge in [-0.15, -0.1) is 0 Å². The summed E-state index contributed by atoms with van der Waals surface area (Å²) in [5, 5.41) is 24.5. The monoisotopic (exact) mass is 578 g/mol. The molecule has 0 bridgehead atoms. The Bertz CT molecular complexity index is 1760. The molecule has 1 amide bonds. The van der Waals surface area contributed by atoms with Gasteiger partial charge in [0.25, 0.3) is 5.91 Å². The van der Waals surface area contributed by atoms with E-state index in [4.69, 9.17) is 9.72 Å². The molecular formula is C33H34N6O4. The number of aromatic amines is 1. The lowest BCUT2D eigenvalue weighted by Gasteiger charge is -2.32. The average Bonchev–Trinajstić information content (AvgIpc) is 3.44. The zero-order valence-corrected chi connectivity index (χ0v) is 24.2. The Hall–Kier alpha value is -4.93. The van der Waals surface area contributed by atoms with Gasteiger partial charge in [-0.25, -0.2) is 9.97 Å². The van der Waals surface area contributed by atoms with Crippen LogP contribution in [0.4, 0.5) is 5.69 Å². The molecular weight excluding hydrogens is 544 g/mol. The van der Waals surface area contributed by atoms with Crippen molar-refractivity contribution in [3.63, 3.8) is 0 Å². The molecule has 3 aromatic carbocycles. The fraction of sp³-hybridized carbons (Fsp3) is 0.242. The van der Waals surface area contributed by atoms with Crippen molar-refractivity contribution in [3.8, 4) is 39.9 Å². The summed E-state index contributed by atoms with van der Waals surface area (Å²) in [7, 11) is 3.63. The van der Waals surface area contributed by atoms with Gasteiger partial charge < -0.3 is 35.1 Å². The normalized spacial score (nSPS) is 14.2. The molecule has 10 nitrogen and oxygen atoms in total. The Balaban J connectivity index is 1.20. The number of carbonyl (C=O) groups excluding carboxylic acids is 1. The molecule has 2 aromatic heterocycles. The number of piperazine rings is 1. The van der Waals surface area contributed by atoms with Gasteiger partial charge in [0.1, 0.15) is 5.82 Å². The number of imidazole rings is 1. The van der Waals surface area contributed by atoms with Gasteiger partial charge in [0.15, 0.2) is 11.5 Å². The van der Waals surface area contributed by atoms with Crippen molar-refractivity contribution in [2.24, 2.45) is 0 Å². The maximum absolute atomic E-state index is 13.1. The first-order chi connectivity index (χ1) is 20.9. The number of hydrogen-bond acceptors (Lipinski definition) is 8. The lowest BCUT2D eigenvalue weighted by Crippen LogP contribution is -2.45. The highest BCUT2D eigenvalue weighted by Crippen LogP contribution is 2.45. The predicted molar refractivity (Wildman–Crippen MR) is 167 cm³/mol. The van der Waals surface area contributed by atoms with Gasteiger partial charge in [0.05, 0.1) is 23.7 Å². The van der Waals surface area contributed by atoms with E-state index in [-0.39, 0.29) is 23.3 Å². The van der Waals surface area contributed by atoms with E-state index >= 15 is 0 Å². The number of methoxy groups -OCH3 is 1. The molecule has 0 aliphatic carbocycles. The molecule has 5 aromatic rings. The van der Waals surface area contributed by atoms with E-state index in [0.29, 0.717) is 39.1 Å². The second kappa shape index (κ2) is 12.1. The molecule has 6 rings (SSSR count). The molecule has 220 valence electrons. The van der Waals surface area contributed by atoms with Crippen LogP contribution in [0, 0.1) is 0 Å². The Morgan fingerprint density at radius 3 is 2.53 bits per heavy atom. The maximum Gasteiger partial charge on any atom is 0.255 e. The molecule has 1 aliphatic heterocycles. The lowest BCUT2D eigenvalue weighted by atomic mass is 9.98. The van der Waals surface area contributed by atoms with E-state index in [1.54, 1.807) is 42.5 Å². The molecule has 0 unspecified atom stereocenters. The van der Waals surface area contributed by atoms with Crippen molar-refractivity contribution in [1.82, 2.24) is 24.8 Å². The molecule has 0 spiro atoms. The molecule has 1 aliphatic rings. The summed E-state index contributed by atoms with van der Waals surface area (Å²) in [6, 6.07) is 20.0. The quantitative estimate of drug-likeness (QED) is 0.208. The predicted octanol–water partition coefficient (Wildman–Crippen LogP) is 4.75. The van der Waals surface area contributed by atoms with Crippen LogP contribution in [0.25, 0.3) is 33.5 Å². The van der Waals surface area contributed by atoms with Gasteiger partial charge in [-0.05, 0) is 73.6 Å². The van der Waals surface area contributed by atoms with E-state index in [1.165, 1.54) is 18.9 Å². The molecule has 10 heteroatoms. The Kier molecular flexibility index (Phi) is 7.95. The molecule has 4 N–H and O–H groups in total. The highest BCUT2D eigenvalue weighted by Gasteiger charge is 2.22. The smallest absolute Gasteiger partial charge is 0.255 e. The number of amides is 1. The number of benzene rings is 3. The second-order valence-corrected chi connectivity index (χ2v) is 10.8. The number of aromatic nitrogens is 3. The summed E-state index contributed by atoms with van der Waals surface area (Å²) in [4.78, 5) is 29.9. The van der Waals surface area contributed by atoms with Crippen LogP contribution in [0.5, 0.6) is 17.4 Å². The zero-order valence-electron chi connectivity index (χ0n) is 24.2. The average molecular weight is 579 g/mol. The minimum absolute atomic E-state index is 0.132. The van der Waals surface area contributed by atoms with Gasteiger partial charge in [-0.2, -0.15) is 0 Å². The number of pyridine rings is 1. The number of phenols is 1. The van der Waals surface area contributed by atoms with E-state index < -0.39 is 0 Å². The van der Waals surface area contributed by atoms with Crippen molar-refractivity contribution in [3.05, 3.63) is 84.1 Å². The van der Waals surface area contributed by atoms with Crippen molar-refractivity contribution >= 4 is 22.6 Å². The third kappa shape index (κ3) is 6.01. The van der Waals surface area contributed by atoms with E-state index in [9.17, 15) is 15.0 Å². The number of H-pyrrole nitrogens is 1. The number of nitrogens with one attached hydrogen (secondary N) is 2. The Labute approximate surface area is 249 Å². The standard InChI is InChI=1S/C33H34N6O4/c1-38-16-18-39(19-17-38)15-13-21-5-8-23(9-6-21)35-32(41)22-7-11-26-27(20-22)37-31(36-26)29-24(10-12-28(43-2)30(29)40)25-4-3-14-34-33(25)42/h3-12,14,20,40H,13,15-19H2,1-2H3,(H,34,42)(H,35,41)(H,36,37). The molecule has 0 radical (unpaired) electrons. The molecule has 1 fully saturated rings. The van der Waals surface area contributed by atoms with Crippen LogP contribution in [0.2, 0.25) is 0 Å². The van der Waals surface area contributed by atoms with Gasteiger partial charge >= 0.3 is 0 Å². The minimum Gasteiger partial charge on any atom is -0.504 e. The maximum atomic E-state index is 13.1. The van der Waals surface area contributed by atoms with Crippen molar-refractivity contribution in [2.45, 2.75) is 6.42 Å². The zero-order chi connectivity index (χ0) is 29.9. The van der Waals surface area contributed by atoms with Crippen molar-refractivity contribution < 1.29 is 19.7 Å². The molecule has 3 heterocycles. The summed E-state index contributed by atoms with van der Waals surface area (Å²) < 4.78 is 5.34. The number of likely N-dealkylation sites (N-methyl/N-ethyl adjacent to an activating group) is 1.